The Balaban J connectivity index is 2.33. The molecule has 100 valence electrons. The van der Waals surface area contributed by atoms with Crippen molar-refractivity contribution in [3.8, 4) is 0 Å². The fourth-order valence-corrected chi connectivity index (χ4v) is 3.08. The van der Waals surface area contributed by atoms with Crippen molar-refractivity contribution in [3.05, 3.63) is 56.2 Å². The van der Waals surface area contributed by atoms with Crippen molar-refractivity contribution in [2.45, 2.75) is 33.1 Å². The van der Waals surface area contributed by atoms with Crippen LogP contribution in [0.15, 0.2) is 29.6 Å². The van der Waals surface area contributed by atoms with Gasteiger partial charge in [-0.15, -0.1) is 11.3 Å². The summed E-state index contributed by atoms with van der Waals surface area (Å²) in [6, 6.07) is 7.80. The molecule has 19 heavy (non-hydrogen) atoms. The Kier molecular flexibility index (Phi) is 3.84. The van der Waals surface area contributed by atoms with Gasteiger partial charge in [-0.1, -0.05) is 56.6 Å². The Morgan fingerprint density at radius 1 is 1.16 bits per heavy atom. The molecule has 0 aliphatic rings. The van der Waals surface area contributed by atoms with E-state index in [2.05, 4.69) is 20.8 Å². The van der Waals surface area contributed by atoms with E-state index in [1.807, 2.05) is 36.6 Å². The number of thiophene rings is 1. The van der Waals surface area contributed by atoms with Crippen molar-refractivity contribution in [3.63, 3.8) is 0 Å². The SMILES string of the molecule is Cc1csc(C(=O)c2ccc(C(C)(C)C)cc2)c1Cl. The topological polar surface area (TPSA) is 17.1 Å². The fraction of sp³-hybridized carbons (Fsp3) is 0.312. The Morgan fingerprint density at radius 3 is 2.16 bits per heavy atom. The number of aryl methyl sites for hydroxylation is 1. The number of carbonyl (C=O) groups excluding carboxylic acids is 1. The largest absolute Gasteiger partial charge is 0.288 e. The first-order valence-electron chi connectivity index (χ1n) is 6.19. The number of halogens is 1. The molecule has 0 amide bonds. The molecule has 2 aromatic rings. The molecule has 3 heteroatoms. The molecule has 2 rings (SSSR count). The average Bonchev–Trinajstić information content (AvgIpc) is 2.68. The molecule has 0 atom stereocenters. The maximum Gasteiger partial charge on any atom is 0.204 e. The van der Waals surface area contributed by atoms with Crippen LogP contribution in [-0.2, 0) is 5.41 Å². The standard InChI is InChI=1S/C16H17ClOS/c1-10-9-19-15(13(10)17)14(18)11-5-7-12(8-6-11)16(2,3)4/h5-9H,1-4H3. The van der Waals surface area contributed by atoms with Crippen molar-refractivity contribution in [2.75, 3.05) is 0 Å². The number of hydrogen-bond donors (Lipinski definition) is 0. The smallest absolute Gasteiger partial charge is 0.204 e. The Morgan fingerprint density at radius 2 is 1.74 bits per heavy atom. The van der Waals surface area contributed by atoms with Gasteiger partial charge in [0.15, 0.2) is 0 Å². The monoisotopic (exact) mass is 292 g/mol. The third kappa shape index (κ3) is 2.90. The minimum Gasteiger partial charge on any atom is -0.288 e. The zero-order valence-corrected chi connectivity index (χ0v) is 13.2. The maximum absolute atomic E-state index is 12.4. The lowest BCUT2D eigenvalue weighted by Crippen LogP contribution is -2.11. The summed E-state index contributed by atoms with van der Waals surface area (Å²) in [5.74, 6) is 0.00330. The van der Waals surface area contributed by atoms with Gasteiger partial charge in [0, 0.05) is 5.56 Å². The summed E-state index contributed by atoms with van der Waals surface area (Å²) in [6.07, 6.45) is 0. The predicted octanol–water partition coefficient (Wildman–Crippen LogP) is 5.24. The lowest BCUT2D eigenvalue weighted by molar-refractivity contribution is 0.104. The summed E-state index contributed by atoms with van der Waals surface area (Å²) in [6.45, 7) is 8.38. The molecule has 0 saturated heterocycles. The lowest BCUT2D eigenvalue weighted by atomic mass is 9.86. The summed E-state index contributed by atoms with van der Waals surface area (Å²) >= 11 is 7.55. The molecule has 0 aliphatic carbocycles. The van der Waals surface area contributed by atoms with Crippen molar-refractivity contribution in [1.82, 2.24) is 0 Å². The first kappa shape index (κ1) is 14.3. The lowest BCUT2D eigenvalue weighted by Gasteiger charge is -2.18. The van der Waals surface area contributed by atoms with Gasteiger partial charge < -0.3 is 0 Å². The molecule has 0 spiro atoms. The summed E-state index contributed by atoms with van der Waals surface area (Å²) in [5.41, 5.74) is 2.97. The van der Waals surface area contributed by atoms with Crippen LogP contribution in [0.2, 0.25) is 5.02 Å². The van der Waals surface area contributed by atoms with E-state index >= 15 is 0 Å². The molecular formula is C16H17ClOS. The third-order valence-electron chi connectivity index (χ3n) is 3.12. The summed E-state index contributed by atoms with van der Waals surface area (Å²) in [4.78, 5) is 13.0. The molecule has 1 heterocycles. The third-order valence-corrected chi connectivity index (χ3v) is 4.81. The minimum absolute atomic E-state index is 0.00330. The van der Waals surface area contributed by atoms with Crippen molar-refractivity contribution < 1.29 is 4.79 Å². The fourth-order valence-electron chi connectivity index (χ4n) is 1.84. The highest BCUT2D eigenvalue weighted by molar-refractivity contribution is 7.13. The summed E-state index contributed by atoms with van der Waals surface area (Å²) < 4.78 is 0. The highest BCUT2D eigenvalue weighted by Crippen LogP contribution is 2.30. The van der Waals surface area contributed by atoms with Gasteiger partial charge in [-0.2, -0.15) is 0 Å². The van der Waals surface area contributed by atoms with Crippen LogP contribution in [0, 0.1) is 6.92 Å². The molecule has 0 radical (unpaired) electrons. The number of hydrogen-bond acceptors (Lipinski definition) is 2. The van der Waals surface area contributed by atoms with Crippen LogP contribution in [0.25, 0.3) is 0 Å². The number of rotatable bonds is 2. The minimum atomic E-state index is 0.00330. The number of ketones is 1. The Hall–Kier alpha value is -1.12. The van der Waals surface area contributed by atoms with Gasteiger partial charge in [-0.25, -0.2) is 0 Å². The van der Waals surface area contributed by atoms with E-state index in [0.717, 1.165) is 5.56 Å². The zero-order chi connectivity index (χ0) is 14.2. The zero-order valence-electron chi connectivity index (χ0n) is 11.6. The van der Waals surface area contributed by atoms with E-state index in [0.29, 0.717) is 15.5 Å². The van der Waals surface area contributed by atoms with Gasteiger partial charge in [0.2, 0.25) is 5.78 Å². The Labute approximate surface area is 123 Å². The van der Waals surface area contributed by atoms with Crippen LogP contribution in [0.3, 0.4) is 0 Å². The molecule has 1 aromatic carbocycles. The second-order valence-corrected chi connectivity index (χ2v) is 6.98. The number of carbonyl (C=O) groups is 1. The molecular weight excluding hydrogens is 276 g/mol. The first-order valence-corrected chi connectivity index (χ1v) is 7.45. The van der Waals surface area contributed by atoms with Crippen molar-refractivity contribution >= 4 is 28.7 Å². The van der Waals surface area contributed by atoms with Crippen LogP contribution in [0.5, 0.6) is 0 Å². The van der Waals surface area contributed by atoms with Gasteiger partial charge in [-0.05, 0) is 28.8 Å². The van der Waals surface area contributed by atoms with Crippen molar-refractivity contribution in [2.24, 2.45) is 0 Å². The number of benzene rings is 1. The van der Waals surface area contributed by atoms with Gasteiger partial charge in [0.25, 0.3) is 0 Å². The molecule has 0 fully saturated rings. The summed E-state index contributed by atoms with van der Waals surface area (Å²) in [7, 11) is 0. The van der Waals surface area contributed by atoms with Crippen LogP contribution in [0.1, 0.15) is 47.1 Å². The molecule has 0 aliphatic heterocycles. The predicted molar refractivity (Wildman–Crippen MR) is 82.6 cm³/mol. The average molecular weight is 293 g/mol. The van der Waals surface area contributed by atoms with E-state index in [1.54, 1.807) is 0 Å². The molecule has 0 bridgehead atoms. The Bertz CT molecular complexity index is 603. The molecule has 0 unspecified atom stereocenters. The van der Waals surface area contributed by atoms with Gasteiger partial charge in [-0.3, -0.25) is 4.79 Å². The van der Waals surface area contributed by atoms with Gasteiger partial charge in [0.05, 0.1) is 9.90 Å². The van der Waals surface area contributed by atoms with Crippen LogP contribution >= 0.6 is 22.9 Å². The highest BCUT2D eigenvalue weighted by atomic mass is 35.5. The van der Waals surface area contributed by atoms with E-state index in [1.165, 1.54) is 16.9 Å². The van der Waals surface area contributed by atoms with Crippen molar-refractivity contribution in [1.29, 1.82) is 0 Å². The van der Waals surface area contributed by atoms with Crippen LogP contribution in [-0.4, -0.2) is 5.78 Å². The first-order chi connectivity index (χ1) is 8.80. The highest BCUT2D eigenvalue weighted by Gasteiger charge is 2.18. The van der Waals surface area contributed by atoms with E-state index in [9.17, 15) is 4.79 Å². The normalized spacial score (nSPS) is 11.6. The van der Waals surface area contributed by atoms with E-state index in [-0.39, 0.29) is 11.2 Å². The molecule has 0 saturated carbocycles. The van der Waals surface area contributed by atoms with Gasteiger partial charge in [0.1, 0.15) is 0 Å². The van der Waals surface area contributed by atoms with E-state index < -0.39 is 0 Å². The molecule has 1 nitrogen and oxygen atoms in total. The quantitative estimate of drug-likeness (QED) is 0.692. The van der Waals surface area contributed by atoms with Crippen LogP contribution in [0.4, 0.5) is 0 Å². The summed E-state index contributed by atoms with van der Waals surface area (Å²) in [5, 5.41) is 2.49. The molecule has 0 N–H and O–H groups in total. The van der Waals surface area contributed by atoms with E-state index in [4.69, 9.17) is 11.6 Å². The van der Waals surface area contributed by atoms with Gasteiger partial charge >= 0.3 is 0 Å². The molecule has 1 aromatic heterocycles. The maximum atomic E-state index is 12.4. The second-order valence-electron chi connectivity index (χ2n) is 5.72. The second kappa shape index (κ2) is 5.10. The van der Waals surface area contributed by atoms with Crippen LogP contribution < -0.4 is 0 Å².